The third-order valence-corrected chi connectivity index (χ3v) is 6.35. The molecule has 0 saturated heterocycles. The number of hydrogen-bond donors (Lipinski definition) is 1. The van der Waals surface area contributed by atoms with E-state index in [0.717, 1.165) is 5.39 Å². The first-order chi connectivity index (χ1) is 15.4. The summed E-state index contributed by atoms with van der Waals surface area (Å²) in [4.78, 5) is 12.5. The molecule has 0 unspecified atom stereocenters. The molecule has 0 saturated carbocycles. The number of hydrogen-bond acceptors (Lipinski definition) is 5. The van der Waals surface area contributed by atoms with Gasteiger partial charge in [0.25, 0.3) is 0 Å². The predicted molar refractivity (Wildman–Crippen MR) is 131 cm³/mol. The summed E-state index contributed by atoms with van der Waals surface area (Å²) in [6, 6.07) is 10.2. The van der Waals surface area contributed by atoms with Crippen molar-refractivity contribution in [2.75, 3.05) is 11.1 Å². The quantitative estimate of drug-likeness (QED) is 0.203. The monoisotopic (exact) mass is 526 g/mol. The maximum Gasteiger partial charge on any atom is 0.234 e. The van der Waals surface area contributed by atoms with Crippen LogP contribution in [0.5, 0.6) is 0 Å². The van der Waals surface area contributed by atoms with E-state index in [2.05, 4.69) is 22.1 Å². The molecule has 2 aromatic carbocycles. The number of carbonyl (C=O) groups is 1. The zero-order valence-electron chi connectivity index (χ0n) is 16.2. The Balaban J connectivity index is 1.53. The lowest BCUT2D eigenvalue weighted by Crippen LogP contribution is -2.15. The molecule has 2 heterocycles. The van der Waals surface area contributed by atoms with Crippen LogP contribution >= 0.6 is 58.2 Å². The molecule has 2 aromatic heterocycles. The second kappa shape index (κ2) is 9.77. The number of fused-ring (bicyclic) bond motifs is 1. The molecule has 0 bridgehead atoms. The molecule has 0 aliphatic carbocycles. The van der Waals surface area contributed by atoms with E-state index in [4.69, 9.17) is 50.8 Å². The number of carbonyl (C=O) groups excluding carboxylic acids is 1. The number of rotatable bonds is 7. The Morgan fingerprint density at radius 2 is 1.84 bits per heavy atom. The van der Waals surface area contributed by atoms with E-state index in [1.165, 1.54) is 23.9 Å². The highest BCUT2D eigenvalue weighted by molar-refractivity contribution is 7.99. The van der Waals surface area contributed by atoms with Gasteiger partial charge in [-0.15, -0.1) is 16.8 Å². The number of allylic oxidation sites excluding steroid dienone is 1. The summed E-state index contributed by atoms with van der Waals surface area (Å²) in [6.45, 7) is 4.22. The molecule has 0 spiro atoms. The van der Waals surface area contributed by atoms with Gasteiger partial charge in [0.2, 0.25) is 11.7 Å². The summed E-state index contributed by atoms with van der Waals surface area (Å²) in [6.07, 6.45) is 1.71. The molecular weight excluding hydrogens is 514 g/mol. The topological polar surface area (TPSA) is 73.0 Å². The molecular formula is C21H14Cl4N4O2S. The van der Waals surface area contributed by atoms with E-state index in [9.17, 15) is 4.79 Å². The van der Waals surface area contributed by atoms with Crippen molar-refractivity contribution in [3.05, 3.63) is 69.1 Å². The Morgan fingerprint density at radius 3 is 2.56 bits per heavy atom. The van der Waals surface area contributed by atoms with Gasteiger partial charge in [0.05, 0.1) is 21.5 Å². The van der Waals surface area contributed by atoms with Crippen LogP contribution in [0.4, 0.5) is 5.69 Å². The van der Waals surface area contributed by atoms with E-state index >= 15 is 0 Å². The maximum absolute atomic E-state index is 12.5. The number of furan rings is 1. The van der Waals surface area contributed by atoms with Crippen molar-refractivity contribution in [2.45, 2.75) is 11.7 Å². The van der Waals surface area contributed by atoms with Gasteiger partial charge in [-0.05, 0) is 36.4 Å². The standard InChI is InChI=1S/C21H14Cl4N4O2S/c1-2-5-29-20(17-7-11-6-12(22)3-4-16(11)31-17)27-28-21(29)32-10-18(30)26-19-14(24)8-13(23)9-15(19)25/h2-4,6-9H,1,5,10H2,(H,26,30). The Hall–Kier alpha value is -2.16. The van der Waals surface area contributed by atoms with Gasteiger partial charge in [0.1, 0.15) is 5.58 Å². The van der Waals surface area contributed by atoms with Crippen LogP contribution < -0.4 is 5.32 Å². The minimum atomic E-state index is -0.311. The number of thioether (sulfide) groups is 1. The molecule has 6 nitrogen and oxygen atoms in total. The third-order valence-electron chi connectivity index (χ3n) is 4.33. The molecule has 164 valence electrons. The lowest BCUT2D eigenvalue weighted by Gasteiger charge is -2.10. The van der Waals surface area contributed by atoms with Crippen molar-refractivity contribution in [2.24, 2.45) is 0 Å². The number of benzene rings is 2. The van der Waals surface area contributed by atoms with Crippen LogP contribution in [-0.4, -0.2) is 26.4 Å². The summed E-state index contributed by atoms with van der Waals surface area (Å²) in [5.74, 6) is 0.797. The Morgan fingerprint density at radius 1 is 1.09 bits per heavy atom. The van der Waals surface area contributed by atoms with Gasteiger partial charge in [0.15, 0.2) is 10.9 Å². The maximum atomic E-state index is 12.5. The Labute approximate surface area is 207 Å². The van der Waals surface area contributed by atoms with Crippen LogP contribution in [0, 0.1) is 0 Å². The van der Waals surface area contributed by atoms with Crippen LogP contribution in [0.1, 0.15) is 0 Å². The van der Waals surface area contributed by atoms with Gasteiger partial charge < -0.3 is 9.73 Å². The molecule has 1 N–H and O–H groups in total. The number of amides is 1. The van der Waals surface area contributed by atoms with Gasteiger partial charge in [-0.2, -0.15) is 0 Å². The second-order valence-corrected chi connectivity index (χ2v) is 9.21. The van der Waals surface area contributed by atoms with Crippen molar-refractivity contribution >= 4 is 80.7 Å². The first-order valence-corrected chi connectivity index (χ1v) is 11.7. The summed E-state index contributed by atoms with van der Waals surface area (Å²) >= 11 is 25.4. The van der Waals surface area contributed by atoms with Crippen LogP contribution in [0.3, 0.4) is 0 Å². The van der Waals surface area contributed by atoms with E-state index in [0.29, 0.717) is 44.6 Å². The summed E-state index contributed by atoms with van der Waals surface area (Å²) in [7, 11) is 0. The van der Waals surface area contributed by atoms with Crippen molar-refractivity contribution in [1.82, 2.24) is 14.8 Å². The summed E-state index contributed by atoms with van der Waals surface area (Å²) < 4.78 is 7.72. The summed E-state index contributed by atoms with van der Waals surface area (Å²) in [5.41, 5.74) is 0.986. The average molecular weight is 528 g/mol. The molecule has 32 heavy (non-hydrogen) atoms. The SMILES string of the molecule is C=CCn1c(SCC(=O)Nc2c(Cl)cc(Cl)cc2Cl)nnc1-c1cc2cc(Cl)ccc2o1. The Kier molecular flexibility index (Phi) is 7.02. The highest BCUT2D eigenvalue weighted by Gasteiger charge is 2.19. The highest BCUT2D eigenvalue weighted by atomic mass is 35.5. The van der Waals surface area contributed by atoms with Crippen LogP contribution in [0.2, 0.25) is 20.1 Å². The molecule has 4 rings (SSSR count). The fourth-order valence-electron chi connectivity index (χ4n) is 2.96. The van der Waals surface area contributed by atoms with E-state index in [1.807, 2.05) is 16.7 Å². The van der Waals surface area contributed by atoms with Gasteiger partial charge in [-0.1, -0.05) is 64.2 Å². The fourth-order valence-corrected chi connectivity index (χ4v) is 4.80. The number of anilines is 1. The molecule has 11 heteroatoms. The number of aromatic nitrogens is 3. The second-order valence-electron chi connectivity index (χ2n) is 6.58. The Bertz CT molecular complexity index is 1310. The molecule has 0 fully saturated rings. The van der Waals surface area contributed by atoms with Crippen molar-refractivity contribution in [3.63, 3.8) is 0 Å². The van der Waals surface area contributed by atoms with Crippen molar-refractivity contribution in [1.29, 1.82) is 0 Å². The number of nitrogens with one attached hydrogen (secondary N) is 1. The fraction of sp³-hybridized carbons (Fsp3) is 0.0952. The van der Waals surface area contributed by atoms with Gasteiger partial charge in [0, 0.05) is 22.0 Å². The normalized spacial score (nSPS) is 11.1. The number of halogens is 4. The first kappa shape index (κ1) is 23.0. The smallest absolute Gasteiger partial charge is 0.234 e. The predicted octanol–water partition coefficient (Wildman–Crippen LogP) is 7.22. The van der Waals surface area contributed by atoms with Crippen molar-refractivity contribution in [3.8, 4) is 11.6 Å². The summed E-state index contributed by atoms with van der Waals surface area (Å²) in [5, 5.41) is 14.0. The largest absolute Gasteiger partial charge is 0.453 e. The highest BCUT2D eigenvalue weighted by Crippen LogP contribution is 2.34. The molecule has 0 aliphatic rings. The molecule has 0 atom stereocenters. The zero-order valence-corrected chi connectivity index (χ0v) is 20.1. The van der Waals surface area contributed by atoms with E-state index in [1.54, 1.807) is 18.2 Å². The first-order valence-electron chi connectivity index (χ1n) is 9.16. The molecule has 1 amide bonds. The van der Waals surface area contributed by atoms with Gasteiger partial charge in [-0.3, -0.25) is 9.36 Å². The molecule has 0 radical (unpaired) electrons. The van der Waals surface area contributed by atoms with Crippen LogP contribution in [0.25, 0.3) is 22.6 Å². The van der Waals surface area contributed by atoms with Crippen LogP contribution in [-0.2, 0) is 11.3 Å². The minimum Gasteiger partial charge on any atom is -0.453 e. The van der Waals surface area contributed by atoms with Crippen molar-refractivity contribution < 1.29 is 9.21 Å². The number of nitrogens with zero attached hydrogens (tertiary/aromatic N) is 3. The van der Waals surface area contributed by atoms with E-state index < -0.39 is 0 Å². The van der Waals surface area contributed by atoms with Crippen LogP contribution in [0.15, 0.2) is 58.6 Å². The lowest BCUT2D eigenvalue weighted by molar-refractivity contribution is -0.113. The minimum absolute atomic E-state index is 0.0559. The molecule has 4 aromatic rings. The third kappa shape index (κ3) is 4.92. The van der Waals surface area contributed by atoms with E-state index in [-0.39, 0.29) is 21.7 Å². The van der Waals surface area contributed by atoms with Gasteiger partial charge >= 0.3 is 0 Å². The zero-order chi connectivity index (χ0) is 22.8. The van der Waals surface area contributed by atoms with Gasteiger partial charge in [-0.25, -0.2) is 0 Å². The average Bonchev–Trinajstić information content (AvgIpc) is 3.32. The lowest BCUT2D eigenvalue weighted by atomic mass is 10.2. The molecule has 0 aliphatic heterocycles.